The van der Waals surface area contributed by atoms with Gasteiger partial charge >= 0.3 is 0 Å². The van der Waals surface area contributed by atoms with Crippen LogP contribution in [0.4, 0.5) is 0 Å². The number of benzene rings is 1. The Bertz CT molecular complexity index is 483. The van der Waals surface area contributed by atoms with Gasteiger partial charge in [0.1, 0.15) is 0 Å². The normalized spacial score (nSPS) is 16.7. The molecule has 0 atom stereocenters. The van der Waals surface area contributed by atoms with Gasteiger partial charge in [-0.05, 0) is 31.0 Å². The lowest BCUT2D eigenvalue weighted by Crippen LogP contribution is -2.32. The minimum atomic E-state index is -3.36. The van der Waals surface area contributed by atoms with Crippen LogP contribution in [0.2, 0.25) is 5.02 Å². The molecule has 0 N–H and O–H groups in total. The Morgan fingerprint density at radius 1 is 1.44 bits per heavy atom. The van der Waals surface area contributed by atoms with Crippen molar-refractivity contribution in [3.8, 4) is 0 Å². The van der Waals surface area contributed by atoms with Crippen LogP contribution in [-0.4, -0.2) is 25.3 Å². The molecule has 1 aromatic carbocycles. The van der Waals surface area contributed by atoms with Gasteiger partial charge in [-0.1, -0.05) is 24.6 Å². The van der Waals surface area contributed by atoms with Crippen molar-refractivity contribution >= 4 is 21.6 Å². The molecule has 0 radical (unpaired) electrons. The van der Waals surface area contributed by atoms with E-state index in [2.05, 4.69) is 0 Å². The molecule has 1 aliphatic carbocycles. The van der Waals surface area contributed by atoms with E-state index in [0.29, 0.717) is 11.6 Å². The largest absolute Gasteiger partial charge is 0.243 e. The lowest BCUT2D eigenvalue weighted by molar-refractivity contribution is 0.421. The predicted octanol–water partition coefficient (Wildman–Crippen LogP) is 2.51. The Hall–Kier alpha value is -0.580. The van der Waals surface area contributed by atoms with Crippen molar-refractivity contribution in [2.24, 2.45) is 0 Å². The van der Waals surface area contributed by atoms with Crippen LogP contribution in [0.1, 0.15) is 19.8 Å². The molecule has 1 fully saturated rings. The SMILES string of the molecule is CCN(C1CC1)S(=O)(=O)c1cccc(Cl)c1. The van der Waals surface area contributed by atoms with Crippen molar-refractivity contribution in [3.05, 3.63) is 29.3 Å². The summed E-state index contributed by atoms with van der Waals surface area (Å²) in [4.78, 5) is 0.286. The van der Waals surface area contributed by atoms with Gasteiger partial charge in [-0.25, -0.2) is 8.42 Å². The molecule has 0 heterocycles. The van der Waals surface area contributed by atoms with Gasteiger partial charge in [0.2, 0.25) is 10.0 Å². The van der Waals surface area contributed by atoms with E-state index in [4.69, 9.17) is 11.6 Å². The highest BCUT2D eigenvalue weighted by atomic mass is 35.5. The van der Waals surface area contributed by atoms with E-state index in [-0.39, 0.29) is 10.9 Å². The molecule has 0 bridgehead atoms. The Morgan fingerprint density at radius 2 is 2.12 bits per heavy atom. The number of hydrogen-bond donors (Lipinski definition) is 0. The maximum Gasteiger partial charge on any atom is 0.243 e. The molecule has 2 rings (SSSR count). The van der Waals surface area contributed by atoms with Crippen LogP contribution < -0.4 is 0 Å². The van der Waals surface area contributed by atoms with Gasteiger partial charge in [0.05, 0.1) is 4.90 Å². The Kier molecular flexibility index (Phi) is 3.24. The highest BCUT2D eigenvalue weighted by Crippen LogP contribution is 2.32. The van der Waals surface area contributed by atoms with Crippen LogP contribution in [0.3, 0.4) is 0 Å². The average Bonchev–Trinajstić information content (AvgIpc) is 3.03. The summed E-state index contributed by atoms with van der Waals surface area (Å²) < 4.78 is 26.1. The zero-order chi connectivity index (χ0) is 11.8. The summed E-state index contributed by atoms with van der Waals surface area (Å²) in [5.41, 5.74) is 0. The maximum atomic E-state index is 12.3. The molecule has 16 heavy (non-hydrogen) atoms. The van der Waals surface area contributed by atoms with Crippen molar-refractivity contribution in [3.63, 3.8) is 0 Å². The Labute approximate surface area is 101 Å². The van der Waals surface area contributed by atoms with Crippen LogP contribution in [-0.2, 0) is 10.0 Å². The van der Waals surface area contributed by atoms with Crippen molar-refractivity contribution in [2.75, 3.05) is 6.54 Å². The number of sulfonamides is 1. The van der Waals surface area contributed by atoms with Gasteiger partial charge in [0.25, 0.3) is 0 Å². The minimum absolute atomic E-state index is 0.189. The predicted molar refractivity (Wildman–Crippen MR) is 64.0 cm³/mol. The van der Waals surface area contributed by atoms with Gasteiger partial charge in [-0.3, -0.25) is 0 Å². The van der Waals surface area contributed by atoms with E-state index >= 15 is 0 Å². The van der Waals surface area contributed by atoms with Gasteiger partial charge in [0.15, 0.2) is 0 Å². The monoisotopic (exact) mass is 259 g/mol. The fraction of sp³-hybridized carbons (Fsp3) is 0.455. The second-order valence-electron chi connectivity index (χ2n) is 3.90. The molecule has 0 aliphatic heterocycles. The summed E-state index contributed by atoms with van der Waals surface area (Å²) in [7, 11) is -3.36. The Balaban J connectivity index is 2.37. The second-order valence-corrected chi connectivity index (χ2v) is 6.22. The summed E-state index contributed by atoms with van der Waals surface area (Å²) in [6.07, 6.45) is 1.93. The van der Waals surface area contributed by atoms with Gasteiger partial charge < -0.3 is 0 Å². The summed E-state index contributed by atoms with van der Waals surface area (Å²) in [5, 5.41) is 0.452. The molecule has 0 amide bonds. The molecular formula is C11H14ClNO2S. The third-order valence-corrected chi connectivity index (χ3v) is 4.93. The van der Waals surface area contributed by atoms with Gasteiger partial charge in [0, 0.05) is 17.6 Å². The summed E-state index contributed by atoms with van der Waals surface area (Å²) in [5.74, 6) is 0. The van der Waals surface area contributed by atoms with E-state index in [9.17, 15) is 8.42 Å². The standard InChI is InChI=1S/C11H14ClNO2S/c1-2-13(10-6-7-10)16(14,15)11-5-3-4-9(12)8-11/h3-5,8,10H,2,6-7H2,1H3. The summed E-state index contributed by atoms with van der Waals surface area (Å²) in [6, 6.07) is 6.62. The van der Waals surface area contributed by atoms with Gasteiger partial charge in [-0.2, -0.15) is 4.31 Å². The van der Waals surface area contributed by atoms with E-state index < -0.39 is 10.0 Å². The topological polar surface area (TPSA) is 37.4 Å². The van der Waals surface area contributed by atoms with E-state index in [1.165, 1.54) is 6.07 Å². The number of hydrogen-bond acceptors (Lipinski definition) is 2. The average molecular weight is 260 g/mol. The molecule has 0 unspecified atom stereocenters. The lowest BCUT2D eigenvalue weighted by Gasteiger charge is -2.19. The quantitative estimate of drug-likeness (QED) is 0.833. The molecular weight excluding hydrogens is 246 g/mol. The first kappa shape index (κ1) is 11.9. The molecule has 3 nitrogen and oxygen atoms in total. The van der Waals surface area contributed by atoms with Crippen LogP contribution >= 0.6 is 11.6 Å². The van der Waals surface area contributed by atoms with E-state index in [0.717, 1.165) is 12.8 Å². The molecule has 5 heteroatoms. The summed E-state index contributed by atoms with van der Waals surface area (Å²) in [6.45, 7) is 2.37. The summed E-state index contributed by atoms with van der Waals surface area (Å²) >= 11 is 5.81. The number of rotatable bonds is 4. The molecule has 88 valence electrons. The van der Waals surface area contributed by atoms with Crippen molar-refractivity contribution in [1.29, 1.82) is 0 Å². The first-order chi connectivity index (χ1) is 7.55. The second kappa shape index (κ2) is 4.35. The van der Waals surface area contributed by atoms with Crippen LogP contribution in [0, 0.1) is 0 Å². The Morgan fingerprint density at radius 3 is 2.62 bits per heavy atom. The first-order valence-corrected chi connectivity index (χ1v) is 7.15. The molecule has 1 saturated carbocycles. The molecule has 0 aromatic heterocycles. The molecule has 0 saturated heterocycles. The minimum Gasteiger partial charge on any atom is -0.207 e. The zero-order valence-electron chi connectivity index (χ0n) is 9.06. The van der Waals surface area contributed by atoms with Gasteiger partial charge in [-0.15, -0.1) is 0 Å². The fourth-order valence-corrected chi connectivity index (χ4v) is 3.75. The number of nitrogens with zero attached hydrogens (tertiary/aromatic N) is 1. The van der Waals surface area contributed by atoms with Crippen LogP contribution in [0.5, 0.6) is 0 Å². The third-order valence-electron chi connectivity index (χ3n) is 2.67. The molecule has 0 spiro atoms. The van der Waals surface area contributed by atoms with E-state index in [1.54, 1.807) is 22.5 Å². The van der Waals surface area contributed by atoms with Crippen molar-refractivity contribution in [1.82, 2.24) is 4.31 Å². The molecule has 1 aliphatic rings. The van der Waals surface area contributed by atoms with Crippen molar-refractivity contribution < 1.29 is 8.42 Å². The first-order valence-electron chi connectivity index (χ1n) is 5.33. The third kappa shape index (κ3) is 2.24. The van der Waals surface area contributed by atoms with Crippen LogP contribution in [0.25, 0.3) is 0 Å². The van der Waals surface area contributed by atoms with Crippen molar-refractivity contribution in [2.45, 2.75) is 30.7 Å². The highest BCUT2D eigenvalue weighted by molar-refractivity contribution is 7.89. The zero-order valence-corrected chi connectivity index (χ0v) is 10.6. The van der Waals surface area contributed by atoms with Crippen LogP contribution in [0.15, 0.2) is 29.2 Å². The van der Waals surface area contributed by atoms with E-state index in [1.807, 2.05) is 6.92 Å². The number of halogens is 1. The lowest BCUT2D eigenvalue weighted by atomic mass is 10.4. The smallest absolute Gasteiger partial charge is 0.207 e. The fourth-order valence-electron chi connectivity index (χ4n) is 1.75. The maximum absolute atomic E-state index is 12.3. The molecule has 1 aromatic rings. The highest BCUT2D eigenvalue weighted by Gasteiger charge is 2.36.